The maximum absolute atomic E-state index is 14.2. The fraction of sp³-hybridized carbons (Fsp3) is 0.263. The van der Waals surface area contributed by atoms with E-state index in [0.29, 0.717) is 0 Å². The van der Waals surface area contributed by atoms with Crippen LogP contribution in [0.15, 0.2) is 24.5 Å². The number of ether oxygens (including phenoxy) is 2. The van der Waals surface area contributed by atoms with Crippen molar-refractivity contribution >= 4 is 17.6 Å². The number of nitrogens with two attached hydrogens (primary N) is 1. The summed E-state index contributed by atoms with van der Waals surface area (Å²) < 4.78 is 51.4. The molecule has 158 valence electrons. The fourth-order valence-corrected chi connectivity index (χ4v) is 2.43. The Balaban J connectivity index is 2.16. The molecule has 0 saturated heterocycles. The average Bonchev–Trinajstić information content (AvgIpc) is 2.72. The van der Waals surface area contributed by atoms with E-state index < -0.39 is 36.2 Å². The van der Waals surface area contributed by atoms with Crippen molar-refractivity contribution in [3.05, 3.63) is 47.4 Å². The molecule has 0 aliphatic rings. The van der Waals surface area contributed by atoms with Gasteiger partial charge in [0.15, 0.2) is 18.2 Å². The zero-order valence-corrected chi connectivity index (χ0v) is 15.6. The normalized spacial score (nSPS) is 11.3. The van der Waals surface area contributed by atoms with Gasteiger partial charge in [0.2, 0.25) is 5.88 Å². The molecule has 0 radical (unpaired) electrons. The van der Waals surface area contributed by atoms with E-state index in [4.69, 9.17) is 27.0 Å². The standard InChI is InChI=1S/C19H18F3N5O3/c1-2-4-29-16-10-25-15(9-26-16)18(28)27-12-6-13(17(22)14(21)7-12)11(8-20)3-5-30-19(23)24/h1,6-7,9-11H,3-5,8H2,(H3,23,24)(H,27,28). The molecule has 0 spiro atoms. The molecule has 0 saturated carbocycles. The first-order valence-electron chi connectivity index (χ1n) is 8.57. The van der Waals surface area contributed by atoms with Gasteiger partial charge in [0.05, 0.1) is 25.7 Å². The zero-order chi connectivity index (χ0) is 22.1. The summed E-state index contributed by atoms with van der Waals surface area (Å²) in [7, 11) is 0. The highest BCUT2D eigenvalue weighted by Crippen LogP contribution is 2.28. The summed E-state index contributed by atoms with van der Waals surface area (Å²) in [6.07, 6.45) is 7.29. The number of benzene rings is 1. The minimum Gasteiger partial charge on any atom is -0.466 e. The molecule has 0 bridgehead atoms. The highest BCUT2D eigenvalue weighted by atomic mass is 19.2. The quantitative estimate of drug-likeness (QED) is 0.325. The smallest absolute Gasteiger partial charge is 0.278 e. The molecular weight excluding hydrogens is 403 g/mol. The van der Waals surface area contributed by atoms with Crippen LogP contribution in [0.25, 0.3) is 0 Å². The third-order valence-electron chi connectivity index (χ3n) is 3.83. The van der Waals surface area contributed by atoms with Gasteiger partial charge in [-0.3, -0.25) is 14.6 Å². The van der Waals surface area contributed by atoms with Gasteiger partial charge < -0.3 is 20.5 Å². The molecule has 1 atom stereocenters. The summed E-state index contributed by atoms with van der Waals surface area (Å²) in [6.45, 7) is -1.20. The second kappa shape index (κ2) is 10.7. The van der Waals surface area contributed by atoms with Gasteiger partial charge in [-0.1, -0.05) is 5.92 Å². The highest BCUT2D eigenvalue weighted by molar-refractivity contribution is 6.02. The zero-order valence-electron chi connectivity index (χ0n) is 15.6. The summed E-state index contributed by atoms with van der Waals surface area (Å²) in [5.41, 5.74) is 4.53. The monoisotopic (exact) mass is 421 g/mol. The number of aromatic nitrogens is 2. The van der Waals surface area contributed by atoms with Gasteiger partial charge >= 0.3 is 0 Å². The summed E-state index contributed by atoms with van der Waals surface area (Å²) in [5.74, 6) is -1.97. The average molecular weight is 421 g/mol. The van der Waals surface area contributed by atoms with Crippen LogP contribution in [-0.2, 0) is 4.74 Å². The van der Waals surface area contributed by atoms with E-state index in [0.717, 1.165) is 18.3 Å². The maximum atomic E-state index is 14.2. The van der Waals surface area contributed by atoms with Crippen LogP contribution in [0.1, 0.15) is 28.4 Å². The number of nitrogens with zero attached hydrogens (tertiary/aromatic N) is 2. The molecule has 0 aliphatic heterocycles. The summed E-state index contributed by atoms with van der Waals surface area (Å²) >= 11 is 0. The number of carbonyl (C=O) groups excluding carboxylic acids is 1. The maximum Gasteiger partial charge on any atom is 0.278 e. The van der Waals surface area contributed by atoms with E-state index in [9.17, 15) is 18.0 Å². The molecule has 8 nitrogen and oxygen atoms in total. The van der Waals surface area contributed by atoms with Crippen LogP contribution in [0.2, 0.25) is 0 Å². The predicted octanol–water partition coefficient (Wildman–Crippen LogP) is 2.37. The van der Waals surface area contributed by atoms with E-state index in [1.807, 2.05) is 0 Å². The largest absolute Gasteiger partial charge is 0.466 e. The molecule has 30 heavy (non-hydrogen) atoms. The van der Waals surface area contributed by atoms with Crippen molar-refractivity contribution in [1.82, 2.24) is 9.97 Å². The first kappa shape index (κ1) is 22.5. The second-order valence-corrected chi connectivity index (χ2v) is 5.90. The number of terminal acetylenes is 1. The Labute approximate surface area is 170 Å². The van der Waals surface area contributed by atoms with Crippen molar-refractivity contribution in [2.75, 3.05) is 25.2 Å². The minimum absolute atomic E-state index is 0.0228. The van der Waals surface area contributed by atoms with Gasteiger partial charge in [-0.2, -0.15) is 0 Å². The van der Waals surface area contributed by atoms with E-state index >= 15 is 0 Å². The van der Waals surface area contributed by atoms with Crippen LogP contribution in [0, 0.1) is 29.4 Å². The van der Waals surface area contributed by atoms with Crippen molar-refractivity contribution in [3.63, 3.8) is 0 Å². The lowest BCUT2D eigenvalue weighted by atomic mass is 9.96. The van der Waals surface area contributed by atoms with Gasteiger partial charge in [-0.15, -0.1) is 6.42 Å². The topological polar surface area (TPSA) is 123 Å². The van der Waals surface area contributed by atoms with E-state index in [1.165, 1.54) is 6.20 Å². The molecule has 4 N–H and O–H groups in total. The van der Waals surface area contributed by atoms with Crippen LogP contribution >= 0.6 is 0 Å². The molecule has 1 aromatic carbocycles. The molecule has 0 aliphatic carbocycles. The number of hydrogen-bond acceptors (Lipinski definition) is 6. The first-order valence-corrected chi connectivity index (χ1v) is 8.57. The molecule has 2 rings (SSSR count). The second-order valence-electron chi connectivity index (χ2n) is 5.90. The number of amides is 1. The van der Waals surface area contributed by atoms with Crippen molar-refractivity contribution < 1.29 is 27.4 Å². The number of alkyl halides is 1. The number of rotatable bonds is 9. The molecular formula is C19H18F3N5O3. The Morgan fingerprint density at radius 3 is 2.70 bits per heavy atom. The summed E-state index contributed by atoms with van der Waals surface area (Å²) in [4.78, 5) is 20.0. The predicted molar refractivity (Wildman–Crippen MR) is 102 cm³/mol. The van der Waals surface area contributed by atoms with Crippen LogP contribution in [0.4, 0.5) is 18.9 Å². The summed E-state index contributed by atoms with van der Waals surface area (Å²) in [5, 5.41) is 9.32. The number of amidine groups is 1. The van der Waals surface area contributed by atoms with Crippen LogP contribution in [-0.4, -0.2) is 41.8 Å². The number of hydrogen-bond donors (Lipinski definition) is 3. The molecule has 2 aromatic rings. The van der Waals surface area contributed by atoms with Gasteiger partial charge in [0, 0.05) is 17.7 Å². The third-order valence-corrected chi connectivity index (χ3v) is 3.83. The number of nitrogens with one attached hydrogen (secondary N) is 2. The minimum atomic E-state index is -1.27. The number of anilines is 1. The Hall–Kier alpha value is -3.81. The Morgan fingerprint density at radius 1 is 1.33 bits per heavy atom. The Morgan fingerprint density at radius 2 is 2.10 bits per heavy atom. The van der Waals surface area contributed by atoms with Gasteiger partial charge in [0.1, 0.15) is 5.69 Å². The van der Waals surface area contributed by atoms with Crippen LogP contribution in [0.5, 0.6) is 5.88 Å². The molecule has 11 heteroatoms. The van der Waals surface area contributed by atoms with Crippen molar-refractivity contribution in [1.29, 1.82) is 5.41 Å². The lowest BCUT2D eigenvalue weighted by Gasteiger charge is -2.16. The van der Waals surface area contributed by atoms with E-state index in [2.05, 4.69) is 21.2 Å². The Bertz CT molecular complexity index is 948. The third kappa shape index (κ3) is 6.10. The SMILES string of the molecule is C#CCOc1cnc(C(=O)Nc2cc(F)c(F)c(C(CF)CCOC(=N)N)c2)cn1. The van der Waals surface area contributed by atoms with Gasteiger partial charge in [0.25, 0.3) is 11.9 Å². The molecule has 1 amide bonds. The van der Waals surface area contributed by atoms with E-state index in [1.54, 1.807) is 0 Å². The van der Waals surface area contributed by atoms with Crippen LogP contribution in [0.3, 0.4) is 0 Å². The van der Waals surface area contributed by atoms with Crippen molar-refractivity contribution in [3.8, 4) is 18.2 Å². The first-order chi connectivity index (χ1) is 14.3. The van der Waals surface area contributed by atoms with Gasteiger partial charge in [-0.25, -0.2) is 18.7 Å². The number of carbonyl (C=O) groups is 1. The number of halogens is 3. The molecule has 1 heterocycles. The van der Waals surface area contributed by atoms with Gasteiger partial charge in [-0.05, 0) is 18.1 Å². The molecule has 1 unspecified atom stereocenters. The molecule has 0 fully saturated rings. The van der Waals surface area contributed by atoms with Crippen molar-refractivity contribution in [2.45, 2.75) is 12.3 Å². The summed E-state index contributed by atoms with van der Waals surface area (Å²) in [6, 6.07) is 1.30. The van der Waals surface area contributed by atoms with Crippen molar-refractivity contribution in [2.24, 2.45) is 5.73 Å². The Kier molecular flexibility index (Phi) is 7.99. The highest BCUT2D eigenvalue weighted by Gasteiger charge is 2.21. The lowest BCUT2D eigenvalue weighted by molar-refractivity contribution is 0.102. The van der Waals surface area contributed by atoms with E-state index in [-0.39, 0.29) is 42.5 Å². The molecule has 1 aromatic heterocycles. The lowest BCUT2D eigenvalue weighted by Crippen LogP contribution is -2.18. The fourth-order valence-electron chi connectivity index (χ4n) is 2.43. The van der Waals surface area contributed by atoms with Crippen LogP contribution < -0.4 is 15.8 Å².